The molecule has 0 heterocycles. The lowest BCUT2D eigenvalue weighted by molar-refractivity contribution is -0.136. The molecule has 0 unspecified atom stereocenters. The number of halogens is 4. The Morgan fingerprint density at radius 2 is 1.65 bits per heavy atom. The molecule has 0 bridgehead atoms. The summed E-state index contributed by atoms with van der Waals surface area (Å²) >= 11 is 5.80. The minimum Gasteiger partial charge on any atom is -0.492 e. The molecule has 34 heavy (non-hydrogen) atoms. The summed E-state index contributed by atoms with van der Waals surface area (Å²) in [5.74, 6) is -0.00312. The number of rotatable bonds is 7. The van der Waals surface area contributed by atoms with Gasteiger partial charge in [0.2, 0.25) is 0 Å². The van der Waals surface area contributed by atoms with E-state index in [0.29, 0.717) is 16.3 Å². The molecule has 2 N–H and O–H groups in total. The van der Waals surface area contributed by atoms with Gasteiger partial charge in [0.25, 0.3) is 5.91 Å². The van der Waals surface area contributed by atoms with Gasteiger partial charge in [-0.1, -0.05) is 29.8 Å². The van der Waals surface area contributed by atoms with E-state index >= 15 is 0 Å². The van der Waals surface area contributed by atoms with Gasteiger partial charge in [-0.25, -0.2) is 4.79 Å². The van der Waals surface area contributed by atoms with E-state index in [2.05, 4.69) is 10.6 Å². The Balaban J connectivity index is 1.64. The number of urea groups is 1. The highest BCUT2D eigenvalue weighted by Crippen LogP contribution is 2.36. The van der Waals surface area contributed by atoms with E-state index in [1.807, 2.05) is 0 Å². The molecule has 10 heteroatoms. The van der Waals surface area contributed by atoms with Crippen molar-refractivity contribution in [1.29, 1.82) is 0 Å². The van der Waals surface area contributed by atoms with Gasteiger partial charge in [0.1, 0.15) is 12.4 Å². The first kappa shape index (κ1) is 24.9. The quantitative estimate of drug-likeness (QED) is 0.416. The Hall–Kier alpha value is -3.72. The number of hydrogen-bond acceptors (Lipinski definition) is 3. The lowest BCUT2D eigenvalue weighted by atomic mass is 10.1. The standard InChI is InChI=1S/C24H21ClF3N3O3/c1-31(13-14-34-19-10-7-17(25)8-11-19)23(33)30-21-12-9-18(15-20(21)24(26,27)28)29-22(32)16-5-3-2-4-6-16/h2-12,15H,13-14H2,1H3,(H,29,32)(H,30,33). The molecule has 3 aromatic carbocycles. The second-order valence-electron chi connectivity index (χ2n) is 7.23. The normalized spacial score (nSPS) is 11.0. The maximum absolute atomic E-state index is 13.7. The van der Waals surface area contributed by atoms with E-state index in [9.17, 15) is 22.8 Å². The number of likely N-dealkylation sites (N-methyl/N-ethyl adjacent to an activating group) is 1. The lowest BCUT2D eigenvalue weighted by Crippen LogP contribution is -2.35. The van der Waals surface area contributed by atoms with Crippen LogP contribution >= 0.6 is 11.6 Å². The average Bonchev–Trinajstić information content (AvgIpc) is 2.81. The average molecular weight is 492 g/mol. The Kier molecular flexibility index (Phi) is 8.01. The Morgan fingerprint density at radius 1 is 0.971 bits per heavy atom. The van der Waals surface area contributed by atoms with Gasteiger partial charge < -0.3 is 20.3 Å². The Morgan fingerprint density at radius 3 is 2.29 bits per heavy atom. The van der Waals surface area contributed by atoms with E-state index in [1.165, 1.54) is 18.0 Å². The lowest BCUT2D eigenvalue weighted by Gasteiger charge is -2.21. The zero-order valence-corrected chi connectivity index (χ0v) is 18.8. The topological polar surface area (TPSA) is 70.7 Å². The highest BCUT2D eigenvalue weighted by atomic mass is 35.5. The van der Waals surface area contributed by atoms with E-state index < -0.39 is 29.4 Å². The second-order valence-corrected chi connectivity index (χ2v) is 7.67. The van der Waals surface area contributed by atoms with Crippen molar-refractivity contribution in [2.45, 2.75) is 6.18 Å². The number of benzene rings is 3. The van der Waals surface area contributed by atoms with Crippen LogP contribution in [0.3, 0.4) is 0 Å². The third-order valence-electron chi connectivity index (χ3n) is 4.72. The van der Waals surface area contributed by atoms with Crippen LogP contribution in [0, 0.1) is 0 Å². The molecule has 0 fully saturated rings. The van der Waals surface area contributed by atoms with Crippen LogP contribution in [-0.2, 0) is 6.18 Å². The van der Waals surface area contributed by atoms with Gasteiger partial charge >= 0.3 is 12.2 Å². The van der Waals surface area contributed by atoms with Crippen LogP contribution in [0.5, 0.6) is 5.75 Å². The van der Waals surface area contributed by atoms with Crippen LogP contribution in [0.1, 0.15) is 15.9 Å². The fraction of sp³-hybridized carbons (Fsp3) is 0.167. The number of nitrogens with one attached hydrogen (secondary N) is 2. The Bertz CT molecular complexity index is 1140. The molecular formula is C24H21ClF3N3O3. The van der Waals surface area contributed by atoms with Gasteiger partial charge in [-0.15, -0.1) is 0 Å². The summed E-state index contributed by atoms with van der Waals surface area (Å²) in [4.78, 5) is 25.9. The molecule has 0 aliphatic heterocycles. The van der Waals surface area contributed by atoms with Crippen molar-refractivity contribution in [2.24, 2.45) is 0 Å². The number of alkyl halides is 3. The van der Waals surface area contributed by atoms with Crippen molar-refractivity contribution in [1.82, 2.24) is 4.90 Å². The molecule has 0 aliphatic carbocycles. The smallest absolute Gasteiger partial charge is 0.418 e. The number of amides is 3. The van der Waals surface area contributed by atoms with Crippen molar-refractivity contribution in [2.75, 3.05) is 30.8 Å². The first-order chi connectivity index (χ1) is 16.1. The predicted molar refractivity (Wildman–Crippen MR) is 124 cm³/mol. The van der Waals surface area contributed by atoms with Gasteiger partial charge in [-0.05, 0) is 54.6 Å². The second kappa shape index (κ2) is 10.9. The number of hydrogen-bond donors (Lipinski definition) is 2. The van der Waals surface area contributed by atoms with Crippen LogP contribution in [0.15, 0.2) is 72.8 Å². The van der Waals surface area contributed by atoms with Crippen molar-refractivity contribution < 1.29 is 27.5 Å². The first-order valence-corrected chi connectivity index (χ1v) is 10.5. The third kappa shape index (κ3) is 6.89. The number of nitrogens with zero attached hydrogens (tertiary/aromatic N) is 1. The molecule has 6 nitrogen and oxygen atoms in total. The minimum absolute atomic E-state index is 0.0519. The molecule has 0 spiro atoms. The molecule has 0 radical (unpaired) electrons. The number of carbonyl (C=O) groups excluding carboxylic acids is 2. The van der Waals surface area contributed by atoms with E-state index in [4.69, 9.17) is 16.3 Å². The largest absolute Gasteiger partial charge is 0.492 e. The van der Waals surface area contributed by atoms with E-state index in [1.54, 1.807) is 54.6 Å². The predicted octanol–water partition coefficient (Wildman–Crippen LogP) is 6.15. The number of anilines is 2. The molecular weight excluding hydrogens is 471 g/mol. The number of ether oxygens (including phenoxy) is 1. The van der Waals surface area contributed by atoms with Crippen LogP contribution in [-0.4, -0.2) is 37.0 Å². The van der Waals surface area contributed by atoms with Crippen molar-refractivity contribution in [3.8, 4) is 5.75 Å². The van der Waals surface area contributed by atoms with Gasteiger partial charge in [0, 0.05) is 23.3 Å². The molecule has 0 saturated heterocycles. The van der Waals surface area contributed by atoms with Crippen LogP contribution < -0.4 is 15.4 Å². The highest BCUT2D eigenvalue weighted by Gasteiger charge is 2.34. The molecule has 3 aromatic rings. The molecule has 3 amide bonds. The van der Waals surface area contributed by atoms with Crippen molar-refractivity contribution >= 4 is 34.9 Å². The minimum atomic E-state index is -4.76. The summed E-state index contributed by atoms with van der Waals surface area (Å²) in [5.41, 5.74) is -1.27. The third-order valence-corrected chi connectivity index (χ3v) is 4.97. The van der Waals surface area contributed by atoms with Gasteiger partial charge in [-0.2, -0.15) is 13.2 Å². The summed E-state index contributed by atoms with van der Waals surface area (Å²) < 4.78 is 46.5. The molecule has 0 aliphatic rings. The fourth-order valence-electron chi connectivity index (χ4n) is 2.90. The number of carbonyl (C=O) groups is 2. The summed E-state index contributed by atoms with van der Waals surface area (Å²) in [6.07, 6.45) is -4.76. The van der Waals surface area contributed by atoms with Gasteiger partial charge in [0.15, 0.2) is 0 Å². The zero-order chi connectivity index (χ0) is 24.7. The van der Waals surface area contributed by atoms with Crippen molar-refractivity contribution in [3.05, 3.63) is 88.9 Å². The SMILES string of the molecule is CN(CCOc1ccc(Cl)cc1)C(=O)Nc1ccc(NC(=O)c2ccccc2)cc1C(F)(F)F. The monoisotopic (exact) mass is 491 g/mol. The summed E-state index contributed by atoms with van der Waals surface area (Å²) in [7, 11) is 1.43. The Labute approximate surface area is 199 Å². The zero-order valence-electron chi connectivity index (χ0n) is 18.0. The first-order valence-electron chi connectivity index (χ1n) is 10.1. The summed E-state index contributed by atoms with van der Waals surface area (Å²) in [5, 5.41) is 5.25. The highest BCUT2D eigenvalue weighted by molar-refractivity contribution is 6.30. The van der Waals surface area contributed by atoms with Gasteiger partial charge in [0.05, 0.1) is 17.8 Å². The van der Waals surface area contributed by atoms with Crippen LogP contribution in [0.25, 0.3) is 0 Å². The van der Waals surface area contributed by atoms with E-state index in [-0.39, 0.29) is 18.8 Å². The summed E-state index contributed by atoms with van der Waals surface area (Å²) in [6.45, 7) is 0.253. The maximum atomic E-state index is 13.7. The molecule has 0 aromatic heterocycles. The molecule has 0 atom stereocenters. The molecule has 178 valence electrons. The van der Waals surface area contributed by atoms with Crippen LogP contribution in [0.4, 0.5) is 29.3 Å². The van der Waals surface area contributed by atoms with Crippen molar-refractivity contribution in [3.63, 3.8) is 0 Å². The fourth-order valence-corrected chi connectivity index (χ4v) is 3.03. The molecule has 0 saturated carbocycles. The maximum Gasteiger partial charge on any atom is 0.418 e. The van der Waals surface area contributed by atoms with Gasteiger partial charge in [-0.3, -0.25) is 4.79 Å². The molecule has 3 rings (SSSR count). The van der Waals surface area contributed by atoms with E-state index in [0.717, 1.165) is 12.1 Å². The summed E-state index contributed by atoms with van der Waals surface area (Å²) in [6, 6.07) is 17.1. The van der Waals surface area contributed by atoms with Crippen LogP contribution in [0.2, 0.25) is 5.02 Å².